The summed E-state index contributed by atoms with van der Waals surface area (Å²) in [6, 6.07) is 28.3. The van der Waals surface area contributed by atoms with Crippen molar-refractivity contribution in [3.63, 3.8) is 0 Å². The van der Waals surface area contributed by atoms with Crippen molar-refractivity contribution in [1.82, 2.24) is 29.8 Å². The zero-order chi connectivity index (χ0) is 55.6. The van der Waals surface area contributed by atoms with Crippen molar-refractivity contribution in [1.29, 1.82) is 0 Å². The van der Waals surface area contributed by atoms with E-state index in [9.17, 15) is 24.0 Å². The molecule has 6 heterocycles. The standard InChI is InChI=1S/C22H32N2O2.C20H26N2O3.C17H20N2O3.C3H7I/c1-5-12-24-21(25)9-10-22(24)11-13-23(18(4)15-22)16-19-7-6-8-20(14-19)26-17(2)3;1-3-12-22-18(23)9-10-20(22)11-13-21(16(2)14-20)19(24)25-15-17-7-5-4-6-8-17;1-13-11-17(8-7-15(20)18-17)9-10-19(13)16(21)22-12-14-5-3-2-4-6-14;1-2-3-4/h6-10,14,17-18H,5,11-13,15-16H2,1-4H3;4-10,16H,3,11-15H2,1-2H3;2-8,13H,9-12H2,1H3,(H,18,20);2-3H2,1H3/t18-,22+;16-,20+;13-,17+;/m000./s1. The van der Waals surface area contributed by atoms with Crippen LogP contribution in [0.1, 0.15) is 130 Å². The highest BCUT2D eigenvalue weighted by atomic mass is 127. The second-order valence-corrected chi connectivity index (χ2v) is 22.8. The maximum Gasteiger partial charge on any atom is 0.410 e. The largest absolute Gasteiger partial charge is 0.491 e. The van der Waals surface area contributed by atoms with Crippen LogP contribution in [-0.4, -0.2) is 132 Å². The number of hydrogen-bond acceptors (Lipinski definition) is 9. The fourth-order valence-corrected chi connectivity index (χ4v) is 11.4. The third kappa shape index (κ3) is 16.4. The Balaban J connectivity index is 0.000000181. The van der Waals surface area contributed by atoms with Gasteiger partial charge < -0.3 is 39.1 Å². The van der Waals surface area contributed by atoms with Crippen LogP contribution >= 0.6 is 22.6 Å². The molecule has 15 heteroatoms. The lowest BCUT2D eigenvalue weighted by Gasteiger charge is -2.47. The number of piperidine rings is 3. The molecule has 3 saturated heterocycles. The minimum absolute atomic E-state index is 0.0278. The first-order valence-electron chi connectivity index (χ1n) is 28.0. The van der Waals surface area contributed by atoms with Crippen molar-refractivity contribution in [3.05, 3.63) is 138 Å². The minimum atomic E-state index is -0.292. The maximum atomic E-state index is 12.5. The Morgan fingerprint density at radius 3 is 1.57 bits per heavy atom. The van der Waals surface area contributed by atoms with Crippen molar-refractivity contribution < 1.29 is 38.2 Å². The highest BCUT2D eigenvalue weighted by Gasteiger charge is 2.48. The van der Waals surface area contributed by atoms with E-state index in [0.717, 1.165) is 94.4 Å². The molecule has 0 radical (unpaired) electrons. The Bertz CT molecular complexity index is 2510. The molecule has 9 rings (SSSR count). The predicted octanol–water partition coefficient (Wildman–Crippen LogP) is 11.4. The zero-order valence-electron chi connectivity index (χ0n) is 47.0. The van der Waals surface area contributed by atoms with E-state index < -0.39 is 0 Å². The summed E-state index contributed by atoms with van der Waals surface area (Å²) in [6.45, 7) is 22.1. The molecule has 14 nitrogen and oxygen atoms in total. The Kier molecular flexibility index (Phi) is 22.6. The summed E-state index contributed by atoms with van der Waals surface area (Å²) in [5.41, 5.74) is 2.66. The number of halogens is 1. The molecule has 0 aromatic heterocycles. The molecule has 6 aliphatic rings. The van der Waals surface area contributed by atoms with Gasteiger partial charge in [-0.05, 0) is 126 Å². The lowest BCUT2D eigenvalue weighted by atomic mass is 9.83. The third-order valence-corrected chi connectivity index (χ3v) is 16.4. The zero-order valence-corrected chi connectivity index (χ0v) is 49.1. The third-order valence-electron chi connectivity index (χ3n) is 15.3. The van der Waals surface area contributed by atoms with Crippen LogP contribution in [0.4, 0.5) is 9.59 Å². The summed E-state index contributed by atoms with van der Waals surface area (Å²) in [5.74, 6) is 1.17. The van der Waals surface area contributed by atoms with Gasteiger partial charge >= 0.3 is 12.2 Å². The van der Waals surface area contributed by atoms with E-state index >= 15 is 0 Å². The van der Waals surface area contributed by atoms with Gasteiger partial charge in [0, 0.05) is 75.6 Å². The van der Waals surface area contributed by atoms with Crippen LogP contribution in [0.25, 0.3) is 0 Å². The summed E-state index contributed by atoms with van der Waals surface area (Å²) in [4.78, 5) is 70.6. The van der Waals surface area contributed by atoms with E-state index in [2.05, 4.69) is 104 Å². The van der Waals surface area contributed by atoms with Gasteiger partial charge in [0.05, 0.1) is 22.7 Å². The molecule has 6 atom stereocenters. The molecule has 5 amide bonds. The summed E-state index contributed by atoms with van der Waals surface area (Å²) in [5, 5.41) is 2.99. The highest BCUT2D eigenvalue weighted by molar-refractivity contribution is 14.1. The number of alkyl halides is 1. The number of ether oxygens (including phenoxy) is 3. The lowest BCUT2D eigenvalue weighted by molar-refractivity contribution is -0.131. The molecule has 3 aromatic rings. The van der Waals surface area contributed by atoms with E-state index in [1.807, 2.05) is 97.6 Å². The minimum Gasteiger partial charge on any atom is -0.491 e. The highest BCUT2D eigenvalue weighted by Crippen LogP contribution is 2.40. The normalized spacial score (nSPS) is 25.3. The second-order valence-electron chi connectivity index (χ2n) is 21.7. The lowest BCUT2D eigenvalue weighted by Crippen LogP contribution is -2.57. The SMILES string of the molecule is CCCI.CCCN1C(=O)C=C[C@]12CCN(C(=O)OCc1ccccc1)[C@@H](C)C2.CCCN1C(=O)C=C[C@]12CCN(Cc1cccc(OC(C)C)c1)[C@@H](C)C2.C[C@H]1C[C@@]2(C=CC(=O)N2)CCN1C(=O)OCc1ccccc1. The average molecular weight is 1170 g/mol. The van der Waals surface area contributed by atoms with Crippen LogP contribution in [-0.2, 0) is 43.6 Å². The number of nitrogens with one attached hydrogen (secondary N) is 1. The van der Waals surface area contributed by atoms with E-state index in [1.54, 1.807) is 28.0 Å². The second kappa shape index (κ2) is 28.8. The molecule has 0 aliphatic carbocycles. The van der Waals surface area contributed by atoms with E-state index in [4.69, 9.17) is 14.2 Å². The number of nitrogens with zero attached hydrogens (tertiary/aromatic N) is 5. The molecule has 3 fully saturated rings. The summed E-state index contributed by atoms with van der Waals surface area (Å²) < 4.78 is 18.0. The fourth-order valence-electron chi connectivity index (χ4n) is 11.4. The van der Waals surface area contributed by atoms with Crippen molar-refractivity contribution in [2.75, 3.05) is 37.2 Å². The van der Waals surface area contributed by atoms with Gasteiger partial charge in [0.15, 0.2) is 0 Å². The van der Waals surface area contributed by atoms with Gasteiger partial charge in [-0.2, -0.15) is 0 Å². The quantitative estimate of drug-likeness (QED) is 0.131. The predicted molar refractivity (Wildman–Crippen MR) is 312 cm³/mol. The molecule has 3 spiro atoms. The molecule has 77 heavy (non-hydrogen) atoms. The first kappa shape index (κ1) is 60.5. The molecule has 6 aliphatic heterocycles. The summed E-state index contributed by atoms with van der Waals surface area (Å²) >= 11 is 2.35. The van der Waals surface area contributed by atoms with E-state index in [0.29, 0.717) is 19.1 Å². The summed E-state index contributed by atoms with van der Waals surface area (Å²) in [6.07, 6.45) is 19.0. The molecular formula is C62H85IN6O8. The maximum absolute atomic E-state index is 12.5. The van der Waals surface area contributed by atoms with E-state index in [1.165, 1.54) is 16.4 Å². The molecule has 0 saturated carbocycles. The van der Waals surface area contributed by atoms with Gasteiger partial charge in [0.1, 0.15) is 19.0 Å². The van der Waals surface area contributed by atoms with Crippen molar-refractivity contribution in [2.45, 2.75) is 174 Å². The Hall–Kier alpha value is -5.68. The smallest absolute Gasteiger partial charge is 0.410 e. The Morgan fingerprint density at radius 1 is 0.623 bits per heavy atom. The number of likely N-dealkylation sites (tertiary alicyclic amines) is 3. The van der Waals surface area contributed by atoms with Gasteiger partial charge in [-0.1, -0.05) is 134 Å². The number of hydrogen-bond donors (Lipinski definition) is 1. The number of carbonyl (C=O) groups is 5. The fraction of sp³-hybridized carbons (Fsp3) is 0.532. The van der Waals surface area contributed by atoms with Gasteiger partial charge in [-0.15, -0.1) is 0 Å². The van der Waals surface area contributed by atoms with Crippen molar-refractivity contribution in [3.8, 4) is 5.75 Å². The van der Waals surface area contributed by atoms with Crippen molar-refractivity contribution >= 4 is 52.5 Å². The first-order chi connectivity index (χ1) is 37.0. The average Bonchev–Trinajstić information content (AvgIpc) is 4.04. The van der Waals surface area contributed by atoms with Crippen LogP contribution in [0.15, 0.2) is 121 Å². The number of rotatable bonds is 13. The van der Waals surface area contributed by atoms with Crippen LogP contribution in [0.2, 0.25) is 0 Å². The molecule has 1 N–H and O–H groups in total. The molecule has 0 unspecified atom stereocenters. The van der Waals surface area contributed by atoms with Gasteiger partial charge in [-0.3, -0.25) is 19.3 Å². The van der Waals surface area contributed by atoms with E-state index in [-0.39, 0.29) is 77.9 Å². The molecule has 418 valence electrons. The van der Waals surface area contributed by atoms with Crippen LogP contribution < -0.4 is 10.1 Å². The first-order valence-corrected chi connectivity index (χ1v) is 29.5. The Labute approximate surface area is 472 Å². The Morgan fingerprint density at radius 2 is 1.12 bits per heavy atom. The van der Waals surface area contributed by atoms with Crippen LogP contribution in [0, 0.1) is 0 Å². The van der Waals surface area contributed by atoms with Crippen LogP contribution in [0.5, 0.6) is 5.75 Å². The number of benzene rings is 3. The number of carbonyl (C=O) groups excluding carboxylic acids is 5. The monoisotopic (exact) mass is 1170 g/mol. The van der Waals surface area contributed by atoms with Gasteiger partial charge in [-0.25, -0.2) is 9.59 Å². The van der Waals surface area contributed by atoms with Gasteiger partial charge in [0.2, 0.25) is 17.7 Å². The van der Waals surface area contributed by atoms with Crippen molar-refractivity contribution in [2.24, 2.45) is 0 Å². The molecular weight excluding hydrogens is 1080 g/mol. The van der Waals surface area contributed by atoms with Gasteiger partial charge in [0.25, 0.3) is 0 Å². The molecule has 0 bridgehead atoms. The topological polar surface area (TPSA) is 141 Å². The number of amides is 5. The summed E-state index contributed by atoms with van der Waals surface area (Å²) in [7, 11) is 0. The molecule has 3 aromatic carbocycles. The van der Waals surface area contributed by atoms with Crippen LogP contribution in [0.3, 0.4) is 0 Å².